The van der Waals surface area contributed by atoms with E-state index in [0.29, 0.717) is 24.0 Å². The number of carbonyl (C=O) groups excluding carboxylic acids is 2. The van der Waals surface area contributed by atoms with Gasteiger partial charge in [-0.1, -0.05) is 13.3 Å². The standard InChI is InChI=1S/C21H31NO3/c1-13(23)22-11-19(2)5-3-6-21(12-22)17(19)4-7-20-9-15(24)14(8-18(20)21)16(25)10-20/h14-15,17-18,24H,3-12H2,1-2H3/t14-,15?,17-,18?,19?,20+,21?/m1/s1. The maximum atomic E-state index is 12.6. The van der Waals surface area contributed by atoms with E-state index in [4.69, 9.17) is 0 Å². The molecule has 138 valence electrons. The number of carbonyl (C=O) groups is 2. The van der Waals surface area contributed by atoms with Gasteiger partial charge in [-0.05, 0) is 66.6 Å². The van der Waals surface area contributed by atoms with Crippen LogP contribution in [0.3, 0.4) is 0 Å². The molecule has 5 aliphatic carbocycles. The van der Waals surface area contributed by atoms with Gasteiger partial charge in [-0.15, -0.1) is 0 Å². The van der Waals surface area contributed by atoms with Gasteiger partial charge in [0.1, 0.15) is 5.78 Å². The van der Waals surface area contributed by atoms with Gasteiger partial charge in [0.05, 0.1) is 6.10 Å². The molecule has 5 saturated carbocycles. The van der Waals surface area contributed by atoms with Gasteiger partial charge in [0.2, 0.25) is 5.91 Å². The smallest absolute Gasteiger partial charge is 0.219 e. The van der Waals surface area contributed by atoms with E-state index in [-0.39, 0.29) is 28.1 Å². The minimum atomic E-state index is -0.423. The molecule has 4 unspecified atom stereocenters. The van der Waals surface area contributed by atoms with E-state index in [2.05, 4.69) is 11.8 Å². The molecule has 1 amide bonds. The van der Waals surface area contributed by atoms with E-state index in [9.17, 15) is 14.7 Å². The van der Waals surface area contributed by atoms with E-state index in [1.165, 1.54) is 25.7 Å². The van der Waals surface area contributed by atoms with Crippen LogP contribution in [0.15, 0.2) is 0 Å². The first-order valence-corrected chi connectivity index (χ1v) is 10.3. The lowest BCUT2D eigenvalue weighted by Gasteiger charge is -2.71. The monoisotopic (exact) mass is 345 g/mol. The zero-order valence-electron chi connectivity index (χ0n) is 15.6. The minimum Gasteiger partial charge on any atom is -0.392 e. The highest BCUT2D eigenvalue weighted by molar-refractivity contribution is 5.84. The van der Waals surface area contributed by atoms with Gasteiger partial charge in [0.15, 0.2) is 0 Å². The average molecular weight is 345 g/mol. The largest absolute Gasteiger partial charge is 0.392 e. The van der Waals surface area contributed by atoms with Crippen molar-refractivity contribution in [3.05, 3.63) is 0 Å². The topological polar surface area (TPSA) is 57.6 Å². The van der Waals surface area contributed by atoms with Crippen molar-refractivity contribution in [2.75, 3.05) is 13.1 Å². The number of rotatable bonds is 0. The first kappa shape index (κ1) is 16.3. The fourth-order valence-electron chi connectivity index (χ4n) is 8.50. The van der Waals surface area contributed by atoms with E-state index in [1.807, 2.05) is 0 Å². The molecule has 1 saturated heterocycles. The predicted molar refractivity (Wildman–Crippen MR) is 93.6 cm³/mol. The lowest BCUT2D eigenvalue weighted by atomic mass is 9.35. The number of Topliss-reactive ketones (excluding diaryl/α,β-unsaturated/α-hetero) is 1. The maximum absolute atomic E-state index is 12.6. The van der Waals surface area contributed by atoms with Gasteiger partial charge in [-0.25, -0.2) is 0 Å². The SMILES string of the molecule is CC(=O)N1CC2(C)CCCC3(C1)C1C[C@H]4C(=O)C[C@]1(CC[C@H]23)CC4O. The molecule has 1 N–H and O–H groups in total. The quantitative estimate of drug-likeness (QED) is 0.734. The molecule has 6 fully saturated rings. The number of aliphatic hydroxyl groups excluding tert-OH is 1. The van der Waals surface area contributed by atoms with Crippen molar-refractivity contribution in [3.8, 4) is 0 Å². The van der Waals surface area contributed by atoms with Gasteiger partial charge in [0.25, 0.3) is 0 Å². The summed E-state index contributed by atoms with van der Waals surface area (Å²) >= 11 is 0. The summed E-state index contributed by atoms with van der Waals surface area (Å²) in [5, 5.41) is 10.5. The van der Waals surface area contributed by atoms with Crippen molar-refractivity contribution >= 4 is 11.7 Å². The van der Waals surface area contributed by atoms with Gasteiger partial charge in [-0.3, -0.25) is 9.59 Å². The average Bonchev–Trinajstić information content (AvgIpc) is 2.52. The first-order chi connectivity index (χ1) is 11.8. The Morgan fingerprint density at radius 3 is 2.72 bits per heavy atom. The van der Waals surface area contributed by atoms with Crippen LogP contribution >= 0.6 is 0 Å². The molecule has 1 aliphatic heterocycles. The van der Waals surface area contributed by atoms with Crippen molar-refractivity contribution in [2.45, 2.75) is 71.3 Å². The fourth-order valence-corrected chi connectivity index (χ4v) is 8.50. The molecule has 6 rings (SSSR count). The van der Waals surface area contributed by atoms with Crippen LogP contribution in [-0.2, 0) is 9.59 Å². The number of piperidine rings is 1. The maximum Gasteiger partial charge on any atom is 0.219 e. The Morgan fingerprint density at radius 1 is 1.20 bits per heavy atom. The van der Waals surface area contributed by atoms with Crippen molar-refractivity contribution in [1.29, 1.82) is 0 Å². The molecule has 0 aromatic carbocycles. The summed E-state index contributed by atoms with van der Waals surface area (Å²) < 4.78 is 0. The molecule has 4 bridgehead atoms. The number of amides is 1. The normalized spacial score (nSPS) is 54.0. The Kier molecular flexibility index (Phi) is 3.18. The number of aliphatic hydroxyl groups is 1. The molecule has 0 aromatic heterocycles. The lowest BCUT2D eigenvalue weighted by Crippen LogP contribution is -2.70. The van der Waals surface area contributed by atoms with Crippen LogP contribution in [0.4, 0.5) is 0 Å². The van der Waals surface area contributed by atoms with E-state index in [1.54, 1.807) is 6.92 Å². The third kappa shape index (κ3) is 1.92. The summed E-state index contributed by atoms with van der Waals surface area (Å²) in [5.41, 5.74) is 0.442. The van der Waals surface area contributed by atoms with Gasteiger partial charge in [0, 0.05) is 32.4 Å². The molecule has 25 heavy (non-hydrogen) atoms. The summed E-state index contributed by atoms with van der Waals surface area (Å²) in [4.78, 5) is 27.0. The zero-order chi connectivity index (χ0) is 17.6. The number of likely N-dealkylation sites (tertiary alicyclic amines) is 1. The van der Waals surface area contributed by atoms with Gasteiger partial charge in [-0.2, -0.15) is 0 Å². The third-order valence-corrected chi connectivity index (χ3v) is 9.28. The van der Waals surface area contributed by atoms with Gasteiger partial charge < -0.3 is 10.0 Å². The zero-order valence-corrected chi connectivity index (χ0v) is 15.6. The van der Waals surface area contributed by atoms with E-state index < -0.39 is 6.10 Å². The van der Waals surface area contributed by atoms with Crippen molar-refractivity contribution in [3.63, 3.8) is 0 Å². The predicted octanol–water partition coefficient (Wildman–Crippen LogP) is 2.78. The highest BCUT2D eigenvalue weighted by Crippen LogP contribution is 2.72. The molecule has 1 spiro atoms. The van der Waals surface area contributed by atoms with Gasteiger partial charge >= 0.3 is 0 Å². The molecule has 4 nitrogen and oxygen atoms in total. The van der Waals surface area contributed by atoms with Crippen LogP contribution in [0.25, 0.3) is 0 Å². The highest BCUT2D eigenvalue weighted by Gasteiger charge is 2.69. The second-order valence-corrected chi connectivity index (χ2v) is 10.4. The third-order valence-electron chi connectivity index (χ3n) is 9.28. The Labute approximate surface area is 150 Å². The van der Waals surface area contributed by atoms with E-state index in [0.717, 1.165) is 32.4 Å². The molecular formula is C21H31NO3. The van der Waals surface area contributed by atoms with Crippen molar-refractivity contribution in [1.82, 2.24) is 4.90 Å². The number of hydrogen-bond donors (Lipinski definition) is 1. The summed E-state index contributed by atoms with van der Waals surface area (Å²) in [5.74, 6) is 1.59. The first-order valence-electron chi connectivity index (χ1n) is 10.3. The second-order valence-electron chi connectivity index (χ2n) is 10.4. The van der Waals surface area contributed by atoms with Crippen LogP contribution in [0.5, 0.6) is 0 Å². The minimum absolute atomic E-state index is 0.0137. The van der Waals surface area contributed by atoms with Crippen LogP contribution in [0, 0.1) is 34.0 Å². The summed E-state index contributed by atoms with van der Waals surface area (Å²) in [6.45, 7) is 5.94. The summed E-state index contributed by atoms with van der Waals surface area (Å²) in [6, 6.07) is 0. The van der Waals surface area contributed by atoms with Crippen LogP contribution in [-0.4, -0.2) is 40.9 Å². The fraction of sp³-hybridized carbons (Fsp3) is 0.905. The Hall–Kier alpha value is -0.900. The molecule has 4 heteroatoms. The van der Waals surface area contributed by atoms with Crippen molar-refractivity contribution < 1.29 is 14.7 Å². The number of nitrogens with zero attached hydrogens (tertiary/aromatic N) is 1. The summed E-state index contributed by atoms with van der Waals surface area (Å²) in [6.07, 6.45) is 7.94. The van der Waals surface area contributed by atoms with E-state index >= 15 is 0 Å². The molecule has 7 atom stereocenters. The van der Waals surface area contributed by atoms with Crippen LogP contribution in [0.1, 0.15) is 65.2 Å². The Morgan fingerprint density at radius 2 is 2.00 bits per heavy atom. The molecular weight excluding hydrogens is 314 g/mol. The number of hydrogen-bond acceptors (Lipinski definition) is 3. The molecule has 6 aliphatic rings. The second kappa shape index (κ2) is 4.88. The molecule has 0 aromatic rings. The Balaban J connectivity index is 1.61. The van der Waals surface area contributed by atoms with Crippen LogP contribution in [0.2, 0.25) is 0 Å². The summed E-state index contributed by atoms with van der Waals surface area (Å²) in [7, 11) is 0. The highest BCUT2D eigenvalue weighted by atomic mass is 16.3. The number of ketones is 1. The Bertz CT molecular complexity index is 647. The molecule has 1 heterocycles. The number of fused-ring (bicyclic) bond motifs is 2. The lowest BCUT2D eigenvalue weighted by molar-refractivity contribution is -0.234. The van der Waals surface area contributed by atoms with Crippen LogP contribution < -0.4 is 0 Å². The van der Waals surface area contributed by atoms with Crippen molar-refractivity contribution in [2.24, 2.45) is 34.0 Å². The molecule has 0 radical (unpaired) electrons.